The van der Waals surface area contributed by atoms with Gasteiger partial charge in [-0.25, -0.2) is 14.8 Å². The van der Waals surface area contributed by atoms with E-state index in [9.17, 15) is 4.79 Å². The van der Waals surface area contributed by atoms with Gasteiger partial charge >= 0.3 is 5.97 Å². The molecule has 2 aromatic heterocycles. The van der Waals surface area contributed by atoms with Crippen LogP contribution in [-0.4, -0.2) is 28.1 Å². The summed E-state index contributed by atoms with van der Waals surface area (Å²) in [6.07, 6.45) is 1.59. The van der Waals surface area contributed by atoms with Crippen molar-refractivity contribution in [3.05, 3.63) is 41.6 Å². The Balaban J connectivity index is 2.24. The molecule has 6 heteroatoms. The number of hydrogen-bond acceptors (Lipinski definition) is 5. The number of carbonyl (C=O) groups is 1. The van der Waals surface area contributed by atoms with E-state index in [1.54, 1.807) is 31.2 Å². The van der Waals surface area contributed by atoms with E-state index in [2.05, 4.69) is 9.97 Å². The van der Waals surface area contributed by atoms with Gasteiger partial charge in [0.1, 0.15) is 5.76 Å². The fourth-order valence-corrected chi connectivity index (χ4v) is 1.54. The monoisotopic (exact) mass is 247 g/mol. The van der Waals surface area contributed by atoms with Crippen molar-refractivity contribution in [3.63, 3.8) is 0 Å². The molecular weight excluding hydrogens is 234 g/mol. The van der Waals surface area contributed by atoms with Crippen LogP contribution in [0.3, 0.4) is 0 Å². The number of carboxylic acid groups (broad SMARTS) is 1. The Kier molecular flexibility index (Phi) is 3.27. The molecule has 2 heterocycles. The van der Waals surface area contributed by atoms with Crippen LogP contribution in [0.4, 0.5) is 5.95 Å². The van der Waals surface area contributed by atoms with Crippen LogP contribution in [0, 0.1) is 6.92 Å². The summed E-state index contributed by atoms with van der Waals surface area (Å²) in [5, 5.41) is 8.94. The number of aromatic nitrogens is 2. The second kappa shape index (κ2) is 4.87. The highest BCUT2D eigenvalue weighted by Gasteiger charge is 2.12. The minimum Gasteiger partial charge on any atom is -0.477 e. The molecule has 0 fully saturated rings. The van der Waals surface area contributed by atoms with Crippen molar-refractivity contribution in [1.82, 2.24) is 9.97 Å². The van der Waals surface area contributed by atoms with Crippen LogP contribution in [0.15, 0.2) is 28.9 Å². The number of aryl methyl sites for hydroxylation is 1. The highest BCUT2D eigenvalue weighted by Crippen LogP contribution is 2.12. The molecule has 0 saturated carbocycles. The van der Waals surface area contributed by atoms with E-state index in [0.29, 0.717) is 18.2 Å². The third-order valence-corrected chi connectivity index (χ3v) is 2.38. The van der Waals surface area contributed by atoms with E-state index in [-0.39, 0.29) is 5.69 Å². The van der Waals surface area contributed by atoms with Gasteiger partial charge in [-0.1, -0.05) is 0 Å². The molecule has 0 spiro atoms. The SMILES string of the molecule is Cc1cc(C(=O)O)nc(N(C)Cc2ccco2)n1. The molecule has 0 radical (unpaired) electrons. The predicted octanol–water partition coefficient (Wildman–Crippen LogP) is 1.71. The fourth-order valence-electron chi connectivity index (χ4n) is 1.54. The summed E-state index contributed by atoms with van der Waals surface area (Å²) >= 11 is 0. The molecule has 0 aromatic carbocycles. The molecule has 0 bridgehead atoms. The average molecular weight is 247 g/mol. The molecule has 0 amide bonds. The summed E-state index contributed by atoms with van der Waals surface area (Å²) in [5.41, 5.74) is 0.604. The molecule has 0 aliphatic rings. The zero-order chi connectivity index (χ0) is 13.1. The first-order valence-electron chi connectivity index (χ1n) is 5.39. The molecule has 0 aliphatic carbocycles. The smallest absolute Gasteiger partial charge is 0.354 e. The largest absolute Gasteiger partial charge is 0.477 e. The van der Waals surface area contributed by atoms with Crippen molar-refractivity contribution in [3.8, 4) is 0 Å². The molecule has 2 aromatic rings. The van der Waals surface area contributed by atoms with E-state index in [1.165, 1.54) is 6.07 Å². The molecule has 94 valence electrons. The molecule has 0 unspecified atom stereocenters. The van der Waals surface area contributed by atoms with Crippen molar-refractivity contribution in [1.29, 1.82) is 0 Å². The van der Waals surface area contributed by atoms with Gasteiger partial charge in [-0.05, 0) is 25.1 Å². The Labute approximate surface area is 104 Å². The second-order valence-corrected chi connectivity index (χ2v) is 3.94. The van der Waals surface area contributed by atoms with Gasteiger partial charge in [0, 0.05) is 12.7 Å². The zero-order valence-corrected chi connectivity index (χ0v) is 10.1. The summed E-state index contributed by atoms with van der Waals surface area (Å²) in [6.45, 7) is 2.22. The maximum Gasteiger partial charge on any atom is 0.354 e. The molecule has 2 rings (SSSR count). The van der Waals surface area contributed by atoms with Crippen molar-refractivity contribution in [2.45, 2.75) is 13.5 Å². The van der Waals surface area contributed by atoms with Gasteiger partial charge < -0.3 is 14.4 Å². The Morgan fingerprint density at radius 2 is 2.28 bits per heavy atom. The van der Waals surface area contributed by atoms with E-state index in [1.807, 2.05) is 6.07 Å². The summed E-state index contributed by atoms with van der Waals surface area (Å²) in [5.74, 6) is 0.0661. The van der Waals surface area contributed by atoms with E-state index in [4.69, 9.17) is 9.52 Å². The van der Waals surface area contributed by atoms with Gasteiger partial charge in [0.25, 0.3) is 0 Å². The molecule has 0 aliphatic heterocycles. The normalized spacial score (nSPS) is 10.3. The van der Waals surface area contributed by atoms with Gasteiger partial charge in [0.2, 0.25) is 5.95 Å². The number of anilines is 1. The fraction of sp³-hybridized carbons (Fsp3) is 0.250. The number of furan rings is 1. The first-order chi connectivity index (χ1) is 8.56. The van der Waals surface area contributed by atoms with Crippen LogP contribution in [0.5, 0.6) is 0 Å². The third-order valence-electron chi connectivity index (χ3n) is 2.38. The van der Waals surface area contributed by atoms with Gasteiger partial charge in [-0.15, -0.1) is 0 Å². The van der Waals surface area contributed by atoms with Crippen LogP contribution in [0.25, 0.3) is 0 Å². The quantitative estimate of drug-likeness (QED) is 0.886. The molecule has 1 N–H and O–H groups in total. The van der Waals surface area contributed by atoms with Gasteiger partial charge in [0.15, 0.2) is 5.69 Å². The third kappa shape index (κ3) is 2.65. The van der Waals surface area contributed by atoms with Crippen LogP contribution in [-0.2, 0) is 6.54 Å². The minimum absolute atomic E-state index is 0.0104. The van der Waals surface area contributed by atoms with Crippen LogP contribution >= 0.6 is 0 Å². The summed E-state index contributed by atoms with van der Waals surface area (Å²) in [7, 11) is 1.78. The lowest BCUT2D eigenvalue weighted by Gasteiger charge is -2.16. The van der Waals surface area contributed by atoms with Gasteiger partial charge in [0.05, 0.1) is 12.8 Å². The first-order valence-corrected chi connectivity index (χ1v) is 5.39. The molecule has 0 atom stereocenters. The van der Waals surface area contributed by atoms with E-state index < -0.39 is 5.97 Å². The lowest BCUT2D eigenvalue weighted by atomic mass is 10.3. The lowest BCUT2D eigenvalue weighted by Crippen LogP contribution is -2.20. The van der Waals surface area contributed by atoms with Gasteiger partial charge in [-0.2, -0.15) is 0 Å². The molecular formula is C12H13N3O3. The molecule has 6 nitrogen and oxygen atoms in total. The Hall–Kier alpha value is -2.37. The van der Waals surface area contributed by atoms with E-state index >= 15 is 0 Å². The summed E-state index contributed by atoms with van der Waals surface area (Å²) in [6, 6.07) is 5.07. The summed E-state index contributed by atoms with van der Waals surface area (Å²) in [4.78, 5) is 20.8. The average Bonchev–Trinajstić information content (AvgIpc) is 2.80. The van der Waals surface area contributed by atoms with E-state index in [0.717, 1.165) is 5.76 Å². The van der Waals surface area contributed by atoms with Crippen molar-refractivity contribution >= 4 is 11.9 Å². The van der Waals surface area contributed by atoms with Crippen LogP contribution in [0.2, 0.25) is 0 Å². The minimum atomic E-state index is -1.06. The molecule has 18 heavy (non-hydrogen) atoms. The van der Waals surface area contributed by atoms with Crippen LogP contribution in [0.1, 0.15) is 21.9 Å². The highest BCUT2D eigenvalue weighted by atomic mass is 16.4. The number of aromatic carboxylic acids is 1. The second-order valence-electron chi connectivity index (χ2n) is 3.94. The molecule has 0 saturated heterocycles. The van der Waals surface area contributed by atoms with Crippen molar-refractivity contribution < 1.29 is 14.3 Å². The Morgan fingerprint density at radius 3 is 2.89 bits per heavy atom. The zero-order valence-electron chi connectivity index (χ0n) is 10.1. The number of carboxylic acids is 1. The standard InChI is InChI=1S/C12H13N3O3/c1-8-6-10(11(16)17)14-12(13-8)15(2)7-9-4-3-5-18-9/h3-6H,7H2,1-2H3,(H,16,17). The Morgan fingerprint density at radius 1 is 1.50 bits per heavy atom. The maximum atomic E-state index is 10.9. The van der Waals surface area contributed by atoms with Crippen LogP contribution < -0.4 is 4.90 Å². The van der Waals surface area contributed by atoms with Crippen molar-refractivity contribution in [2.24, 2.45) is 0 Å². The number of hydrogen-bond donors (Lipinski definition) is 1. The lowest BCUT2D eigenvalue weighted by molar-refractivity contribution is 0.0690. The Bertz CT molecular complexity index is 552. The predicted molar refractivity (Wildman–Crippen MR) is 64.5 cm³/mol. The first kappa shape index (κ1) is 12.1. The summed E-state index contributed by atoms with van der Waals surface area (Å²) < 4.78 is 5.22. The highest BCUT2D eigenvalue weighted by molar-refractivity contribution is 5.85. The van der Waals surface area contributed by atoms with Crippen molar-refractivity contribution in [2.75, 3.05) is 11.9 Å². The number of rotatable bonds is 4. The maximum absolute atomic E-state index is 10.9. The number of nitrogens with zero attached hydrogens (tertiary/aromatic N) is 3. The van der Waals surface area contributed by atoms with Gasteiger partial charge in [-0.3, -0.25) is 0 Å². The topological polar surface area (TPSA) is 79.5 Å².